The number of carbonyl (C=O) groups excluding carboxylic acids is 4. The van der Waals surface area contributed by atoms with Crippen molar-refractivity contribution in [3.05, 3.63) is 116 Å². The Morgan fingerprint density at radius 3 is 2.32 bits per heavy atom. The predicted octanol–water partition coefficient (Wildman–Crippen LogP) is 4.27. The van der Waals surface area contributed by atoms with Gasteiger partial charge in [0.05, 0.1) is 23.0 Å². The summed E-state index contributed by atoms with van der Waals surface area (Å²) in [5.41, 5.74) is 4.37. The molecule has 0 saturated carbocycles. The number of rotatable bonds is 10. The number of likely N-dealkylation sites (N-methyl/N-ethyl adjacent to an activating group) is 1. The van der Waals surface area contributed by atoms with Crippen LogP contribution < -0.4 is 20.9 Å². The van der Waals surface area contributed by atoms with Crippen molar-refractivity contribution in [2.45, 2.75) is 50.4 Å². The van der Waals surface area contributed by atoms with Crippen LogP contribution in [-0.2, 0) is 29.7 Å². The average molecular weight is 783 g/mol. The predicted molar refractivity (Wildman–Crippen MR) is 201 cm³/mol. The van der Waals surface area contributed by atoms with Crippen molar-refractivity contribution in [2.75, 3.05) is 32.5 Å². The van der Waals surface area contributed by atoms with Gasteiger partial charge in [0.2, 0.25) is 11.8 Å². The van der Waals surface area contributed by atoms with Gasteiger partial charge in [-0.1, -0.05) is 42.5 Å². The van der Waals surface area contributed by atoms with E-state index < -0.39 is 29.7 Å². The van der Waals surface area contributed by atoms with Crippen LogP contribution in [0.15, 0.2) is 82.2 Å². The maximum atomic E-state index is 13.4. The second-order valence-electron chi connectivity index (χ2n) is 14.1. The van der Waals surface area contributed by atoms with E-state index in [4.69, 9.17) is 4.74 Å². The number of aromatic nitrogens is 2. The van der Waals surface area contributed by atoms with Gasteiger partial charge in [-0.3, -0.25) is 39.1 Å². The number of amides is 4. The third-order valence-electron chi connectivity index (χ3n) is 10.0. The molecule has 2 N–H and O–H groups in total. The van der Waals surface area contributed by atoms with Crippen LogP contribution in [0, 0.1) is 0 Å². The Morgan fingerprint density at radius 2 is 1.62 bits per heavy atom. The van der Waals surface area contributed by atoms with E-state index in [9.17, 15) is 24.0 Å². The zero-order chi connectivity index (χ0) is 37.4. The molecule has 13 nitrogen and oxygen atoms in total. The quantitative estimate of drug-likeness (QED) is 0.224. The number of benzene rings is 3. The van der Waals surface area contributed by atoms with Crippen molar-refractivity contribution in [2.24, 2.45) is 7.05 Å². The van der Waals surface area contributed by atoms with Gasteiger partial charge in [0.25, 0.3) is 17.4 Å². The normalized spacial score (nSPS) is 20.5. The highest BCUT2D eigenvalue weighted by Gasteiger charge is 2.46. The van der Waals surface area contributed by atoms with Gasteiger partial charge in [-0.25, -0.2) is 4.68 Å². The van der Waals surface area contributed by atoms with E-state index in [1.165, 1.54) is 15.8 Å². The number of likely N-dealkylation sites (tertiary alicyclic amines) is 1. The van der Waals surface area contributed by atoms with E-state index in [1.54, 1.807) is 31.4 Å². The van der Waals surface area contributed by atoms with E-state index >= 15 is 0 Å². The molecule has 3 aliphatic rings. The largest absolute Gasteiger partial charge is 0.457 e. The summed E-state index contributed by atoms with van der Waals surface area (Å²) in [5.74, 6) is -1.19. The summed E-state index contributed by atoms with van der Waals surface area (Å²) in [5, 5.41) is 9.90. The molecule has 53 heavy (non-hydrogen) atoms. The van der Waals surface area contributed by atoms with Crippen LogP contribution >= 0.6 is 15.9 Å². The third-order valence-corrected chi connectivity index (χ3v) is 10.8. The van der Waals surface area contributed by atoms with Crippen LogP contribution in [0.2, 0.25) is 0 Å². The summed E-state index contributed by atoms with van der Waals surface area (Å²) in [6.45, 7) is 3.28. The summed E-state index contributed by atoms with van der Waals surface area (Å²) in [6.07, 6.45) is 2.76. The van der Waals surface area contributed by atoms with Crippen LogP contribution in [0.4, 0.5) is 5.69 Å². The van der Waals surface area contributed by atoms with Crippen LogP contribution in [0.3, 0.4) is 0 Å². The number of aryl methyl sites for hydroxylation is 1. The van der Waals surface area contributed by atoms with Crippen molar-refractivity contribution >= 4 is 45.2 Å². The standard InChI is InChI=1S/C39H40BrN7O6/c1-44(19-23-7-11-25(12-8-23)26-17-27(22-45(2)21-26)42-30-18-41-46(3)39(52)35(30)40)20-24-9-13-28(14-10-24)53-32-6-4-5-29-34(32)38(51)47(37(29)50)31-15-16-33(48)43-36(31)49/h4-14,18,26-27,31,42H,15-17,19-22H2,1-3H3,(H,43,48,49)/t26-,27+,31?/m0/s1. The smallest absolute Gasteiger partial charge is 0.282 e. The lowest BCUT2D eigenvalue weighted by atomic mass is 9.87. The lowest BCUT2D eigenvalue weighted by Crippen LogP contribution is -2.54. The molecule has 1 unspecified atom stereocenters. The molecule has 3 aromatic carbocycles. The molecule has 7 rings (SSSR count). The first-order valence-electron chi connectivity index (χ1n) is 17.5. The Kier molecular flexibility index (Phi) is 10.3. The Hall–Kier alpha value is -5.18. The van der Waals surface area contributed by atoms with Crippen molar-refractivity contribution in [1.29, 1.82) is 0 Å². The van der Waals surface area contributed by atoms with E-state index in [0.717, 1.165) is 36.5 Å². The van der Waals surface area contributed by atoms with Gasteiger partial charge < -0.3 is 15.0 Å². The first-order valence-corrected chi connectivity index (χ1v) is 18.3. The Morgan fingerprint density at radius 1 is 0.925 bits per heavy atom. The van der Waals surface area contributed by atoms with E-state index in [-0.39, 0.29) is 41.3 Å². The van der Waals surface area contributed by atoms with E-state index in [2.05, 4.69) is 79.8 Å². The summed E-state index contributed by atoms with van der Waals surface area (Å²) >= 11 is 3.43. The van der Waals surface area contributed by atoms with Gasteiger partial charge in [0.1, 0.15) is 22.0 Å². The van der Waals surface area contributed by atoms with Gasteiger partial charge in [0.15, 0.2) is 0 Å². The van der Waals surface area contributed by atoms with Gasteiger partial charge in [-0.05, 0) is 89.7 Å². The average Bonchev–Trinajstić information content (AvgIpc) is 3.39. The topological polar surface area (TPSA) is 146 Å². The molecule has 3 atom stereocenters. The number of hydrogen-bond donors (Lipinski definition) is 2. The number of imide groups is 2. The number of hydrogen-bond acceptors (Lipinski definition) is 10. The maximum absolute atomic E-state index is 13.4. The molecule has 14 heteroatoms. The fraction of sp³-hybridized carbons (Fsp3) is 0.333. The van der Waals surface area contributed by atoms with Crippen LogP contribution in [0.5, 0.6) is 11.5 Å². The van der Waals surface area contributed by atoms with Gasteiger partial charge in [-0.15, -0.1) is 0 Å². The summed E-state index contributed by atoms with van der Waals surface area (Å²) in [4.78, 5) is 68.5. The molecule has 3 aliphatic heterocycles. The van der Waals surface area contributed by atoms with Crippen molar-refractivity contribution in [3.8, 4) is 11.5 Å². The number of nitrogens with zero attached hydrogens (tertiary/aromatic N) is 5. The minimum atomic E-state index is -1.04. The number of ether oxygens (including phenoxy) is 1. The third kappa shape index (κ3) is 7.66. The van der Waals surface area contributed by atoms with Gasteiger partial charge >= 0.3 is 0 Å². The summed E-state index contributed by atoms with van der Waals surface area (Å²) in [7, 11) is 5.82. The van der Waals surface area contributed by atoms with Crippen molar-refractivity contribution in [3.63, 3.8) is 0 Å². The van der Waals surface area contributed by atoms with Crippen molar-refractivity contribution < 1.29 is 23.9 Å². The highest BCUT2D eigenvalue weighted by atomic mass is 79.9. The van der Waals surface area contributed by atoms with E-state index in [0.29, 0.717) is 28.4 Å². The number of anilines is 1. The lowest BCUT2D eigenvalue weighted by Gasteiger charge is -2.37. The van der Waals surface area contributed by atoms with Gasteiger partial charge in [-0.2, -0.15) is 5.10 Å². The van der Waals surface area contributed by atoms with Crippen molar-refractivity contribution in [1.82, 2.24) is 29.8 Å². The molecular formula is C39H40BrN7O6. The second-order valence-corrected chi connectivity index (χ2v) is 14.9. The Labute approximate surface area is 315 Å². The zero-order valence-electron chi connectivity index (χ0n) is 29.7. The first kappa shape index (κ1) is 36.2. The fourth-order valence-electron chi connectivity index (χ4n) is 7.43. The molecule has 0 spiro atoms. The number of piperidine rings is 2. The second kappa shape index (κ2) is 15.0. The maximum Gasteiger partial charge on any atom is 0.282 e. The molecular weight excluding hydrogens is 742 g/mol. The number of nitrogens with one attached hydrogen (secondary N) is 2. The molecule has 1 aromatic heterocycles. The Balaban J connectivity index is 0.942. The monoisotopic (exact) mass is 781 g/mol. The minimum absolute atomic E-state index is 0.0528. The SMILES string of the molecule is CN(Cc1ccc(Oc2cccc3c2C(=O)N(C2CCC(=O)NC2=O)C3=O)cc1)Cc1ccc([C@H]2C[C@@H](Nc3cnn(C)c(=O)c3Br)CN(C)C2)cc1. The number of carbonyl (C=O) groups is 4. The van der Waals surface area contributed by atoms with E-state index in [1.807, 2.05) is 24.3 Å². The highest BCUT2D eigenvalue weighted by Crippen LogP contribution is 2.36. The fourth-order valence-corrected chi connectivity index (χ4v) is 7.90. The molecule has 0 bridgehead atoms. The number of halogens is 1. The van der Waals surface area contributed by atoms with Crippen LogP contribution in [0.1, 0.15) is 62.6 Å². The van der Waals surface area contributed by atoms with Gasteiger partial charge in [0, 0.05) is 45.7 Å². The molecule has 4 amide bonds. The molecule has 0 aliphatic carbocycles. The molecule has 2 fully saturated rings. The number of fused-ring (bicyclic) bond motifs is 1. The molecule has 4 aromatic rings. The van der Waals surface area contributed by atoms with Crippen LogP contribution in [-0.4, -0.2) is 87.4 Å². The zero-order valence-corrected chi connectivity index (χ0v) is 31.3. The Bertz CT molecular complexity index is 2140. The summed E-state index contributed by atoms with van der Waals surface area (Å²) in [6, 6.07) is 20.3. The highest BCUT2D eigenvalue weighted by molar-refractivity contribution is 9.10. The molecule has 0 radical (unpaired) electrons. The van der Waals surface area contributed by atoms with Crippen LogP contribution in [0.25, 0.3) is 0 Å². The first-order chi connectivity index (χ1) is 25.4. The molecule has 4 heterocycles. The summed E-state index contributed by atoms with van der Waals surface area (Å²) < 4.78 is 7.90. The molecule has 2 saturated heterocycles. The lowest BCUT2D eigenvalue weighted by molar-refractivity contribution is -0.136. The minimum Gasteiger partial charge on any atom is -0.457 e. The molecule has 274 valence electrons.